The van der Waals surface area contributed by atoms with Crippen molar-refractivity contribution < 1.29 is 113 Å². The summed E-state index contributed by atoms with van der Waals surface area (Å²) in [5.74, 6) is -4.74. The molecule has 0 amide bonds. The monoisotopic (exact) mass is 873 g/mol. The van der Waals surface area contributed by atoms with Crippen LogP contribution in [-0.4, -0.2) is 71.3 Å². The average molecular weight is 871 g/mol. The van der Waals surface area contributed by atoms with Crippen LogP contribution in [0.2, 0.25) is 0 Å². The van der Waals surface area contributed by atoms with Gasteiger partial charge in [-0.1, -0.05) is 0 Å². The fourth-order valence-electron chi connectivity index (χ4n) is 2.26. The Balaban J connectivity index is 0.000000534. The summed E-state index contributed by atoms with van der Waals surface area (Å²) < 4.78 is 4.91. The molecule has 0 unspecified atom stereocenters. The van der Waals surface area contributed by atoms with E-state index >= 15 is 0 Å². The summed E-state index contributed by atoms with van der Waals surface area (Å²) >= 11 is 13.6. The van der Waals surface area contributed by atoms with Gasteiger partial charge in [0.2, 0.25) is 0 Å². The molecule has 0 aliphatic heterocycles. The zero-order chi connectivity index (χ0) is 28.6. The molecule has 0 atom stereocenters. The summed E-state index contributed by atoms with van der Waals surface area (Å²) in [6, 6.07) is 6.69. The smallest absolute Gasteiger partial charge is 0 e. The SMILES string of the molecule is OC(=S)c1cc(O)c(O)c(O)c1.OC(=S)c1cc(O)c(O)c(O)c1.Oc1cc(C(=S)[O][Hg])cc(O)c1O.[Cd]. The first-order chi connectivity index (χ1) is 17.1. The van der Waals surface area contributed by atoms with Gasteiger partial charge in [0.15, 0.2) is 44.6 Å². The van der Waals surface area contributed by atoms with E-state index in [0.29, 0.717) is 5.56 Å². The number of thiocarbonyl (C=S) groups is 3. The maximum atomic E-state index is 9.12. The third-order valence-corrected chi connectivity index (χ3v) is 6.83. The molecule has 0 aliphatic rings. The molecular weight excluding hydrogens is 853 g/mol. The van der Waals surface area contributed by atoms with Gasteiger partial charge in [-0.2, -0.15) is 0 Å². The van der Waals surface area contributed by atoms with Crippen molar-refractivity contribution in [3.63, 3.8) is 0 Å². The summed E-state index contributed by atoms with van der Waals surface area (Å²) in [6.07, 6.45) is 0. The Morgan fingerprint density at radius 3 is 0.895 bits per heavy atom. The summed E-state index contributed by atoms with van der Waals surface area (Å²) in [7, 11) is 0. The largest absolute Gasteiger partial charge is 0 e. The quantitative estimate of drug-likeness (QED) is 0.103. The van der Waals surface area contributed by atoms with Crippen LogP contribution in [0.3, 0.4) is 0 Å². The Kier molecular flexibility index (Phi) is 14.6. The van der Waals surface area contributed by atoms with E-state index in [9.17, 15) is 0 Å². The van der Waals surface area contributed by atoms with Crippen LogP contribution in [0, 0.1) is 0 Å². The van der Waals surface area contributed by atoms with Crippen molar-refractivity contribution in [1.29, 1.82) is 0 Å². The van der Waals surface area contributed by atoms with Gasteiger partial charge in [0.05, 0.1) is 0 Å². The minimum atomic E-state index is -0.630. The van der Waals surface area contributed by atoms with Crippen LogP contribution < -0.4 is 0 Å². The molecule has 3 rings (SSSR count). The van der Waals surface area contributed by atoms with Crippen molar-refractivity contribution in [2.75, 3.05) is 0 Å². The van der Waals surface area contributed by atoms with Crippen LogP contribution in [0.4, 0.5) is 0 Å². The predicted octanol–water partition coefficient (Wildman–Crippen LogP) is 3.03. The van der Waals surface area contributed by atoms with Gasteiger partial charge < -0.3 is 40.9 Å². The molecule has 0 bridgehead atoms. The van der Waals surface area contributed by atoms with Gasteiger partial charge in [-0.05, 0) is 48.7 Å². The molecule has 0 aliphatic carbocycles. The molecule has 3 aromatic carbocycles. The summed E-state index contributed by atoms with van der Waals surface area (Å²) in [6.45, 7) is 0. The fraction of sp³-hybridized carbons (Fsp3) is 0. The van der Waals surface area contributed by atoms with Crippen LogP contribution in [0.5, 0.6) is 51.7 Å². The fourth-order valence-corrected chi connectivity index (χ4v) is 3.26. The van der Waals surface area contributed by atoms with Gasteiger partial charge in [0.25, 0.3) is 0 Å². The molecule has 0 saturated heterocycles. The van der Waals surface area contributed by atoms with Gasteiger partial charge in [-0.15, -0.1) is 0 Å². The van der Waals surface area contributed by atoms with E-state index in [2.05, 4.69) is 24.4 Å². The number of aromatic hydroxyl groups is 9. The Morgan fingerprint density at radius 2 is 0.711 bits per heavy atom. The normalized spacial score (nSPS) is 9.42. The molecule has 0 spiro atoms. The molecule has 0 aromatic heterocycles. The number of aliphatic hydroxyl groups excluding tert-OH is 2. The molecule has 12 nitrogen and oxygen atoms in total. The van der Waals surface area contributed by atoms with Gasteiger partial charge in [0.1, 0.15) is 0 Å². The Morgan fingerprint density at radius 1 is 0.500 bits per heavy atom. The maximum absolute atomic E-state index is 9.12. The summed E-state index contributed by atoms with van der Waals surface area (Å²) in [5.41, 5.74) is 0.549. The Bertz CT molecular complexity index is 1220. The van der Waals surface area contributed by atoms with Crippen molar-refractivity contribution in [1.82, 2.24) is 0 Å². The minimum Gasteiger partial charge on any atom is 0 e. The van der Waals surface area contributed by atoms with E-state index in [4.69, 9.17) is 71.0 Å². The second-order valence-corrected chi connectivity index (χ2v) is 8.90. The van der Waals surface area contributed by atoms with Crippen LogP contribution in [0.1, 0.15) is 16.7 Å². The van der Waals surface area contributed by atoms with Gasteiger partial charge in [-0.25, -0.2) is 0 Å². The average Bonchev–Trinajstić information content (AvgIpc) is 2.83. The molecule has 38 heavy (non-hydrogen) atoms. The third kappa shape index (κ3) is 9.93. The molecular formula is C21H17CdHgO12S3. The molecule has 0 fully saturated rings. The minimum absolute atomic E-state index is 0. The standard InChI is InChI=1S/3C7H6O4S.Cd.Hg/c3*8-4-1-3(7(11)12)2-5(9)6(4)10;;/h3*1-2,8-10H,(H,11,12);;/q;;;;+1/p-1. The van der Waals surface area contributed by atoms with E-state index in [1.54, 1.807) is 0 Å². The zero-order valence-corrected chi connectivity index (χ0v) is 30.9. The second kappa shape index (κ2) is 15.7. The summed E-state index contributed by atoms with van der Waals surface area (Å²) in [4.78, 5) is 0. The van der Waals surface area contributed by atoms with E-state index in [1.807, 2.05) is 0 Å². The van der Waals surface area contributed by atoms with E-state index in [1.165, 1.54) is 12.1 Å². The van der Waals surface area contributed by atoms with Gasteiger partial charge >= 0.3 is 96.8 Å². The molecule has 17 heteroatoms. The number of hydrogen-bond acceptors (Lipinski definition) is 13. The molecule has 11 N–H and O–H groups in total. The Labute approximate surface area is 267 Å². The van der Waals surface area contributed by atoms with E-state index in [0.717, 1.165) is 24.3 Å². The van der Waals surface area contributed by atoms with Crippen molar-refractivity contribution >= 4 is 51.8 Å². The number of hydrogen-bond donors (Lipinski definition) is 11. The second-order valence-electron chi connectivity index (χ2n) is 6.63. The molecule has 0 radical (unpaired) electrons. The van der Waals surface area contributed by atoms with E-state index in [-0.39, 0.29) is 70.1 Å². The first-order valence-electron chi connectivity index (χ1n) is 9.28. The zero-order valence-electron chi connectivity index (χ0n) is 18.9. The first-order valence-corrected chi connectivity index (χ1v) is 12.7. The summed E-state index contributed by atoms with van der Waals surface area (Å²) in [5, 5.41) is 97.7. The van der Waals surface area contributed by atoms with Gasteiger partial charge in [0, 0.05) is 38.4 Å². The van der Waals surface area contributed by atoms with Crippen LogP contribution in [0.25, 0.3) is 0 Å². The number of phenols is 9. The number of rotatable bonds is 3. The molecule has 0 heterocycles. The number of phenolic OH excluding ortho intramolecular Hbond substituents is 9. The van der Waals surface area contributed by atoms with Crippen molar-refractivity contribution in [2.45, 2.75) is 0 Å². The maximum Gasteiger partial charge on any atom is 0 e. The van der Waals surface area contributed by atoms with Crippen LogP contribution >= 0.6 is 36.7 Å². The van der Waals surface area contributed by atoms with Crippen LogP contribution in [-0.2, 0) is 56.5 Å². The first kappa shape index (κ1) is 35.4. The van der Waals surface area contributed by atoms with Crippen LogP contribution in [0.15, 0.2) is 36.4 Å². The molecule has 3 aromatic rings. The number of aliphatic hydroxyl groups is 2. The van der Waals surface area contributed by atoms with Crippen molar-refractivity contribution in [3.8, 4) is 51.7 Å². The Hall–Kier alpha value is -2.61. The molecule has 195 valence electrons. The van der Waals surface area contributed by atoms with Crippen molar-refractivity contribution in [2.24, 2.45) is 0 Å². The predicted molar refractivity (Wildman–Crippen MR) is 136 cm³/mol. The number of benzene rings is 3. The third-order valence-electron chi connectivity index (χ3n) is 4.07. The molecule has 0 saturated carbocycles. The topological polar surface area (TPSA) is 232 Å². The van der Waals surface area contributed by atoms with Gasteiger partial charge in [-0.3, -0.25) is 0 Å². The van der Waals surface area contributed by atoms with E-state index < -0.39 is 61.8 Å². The van der Waals surface area contributed by atoms with Crippen molar-refractivity contribution in [3.05, 3.63) is 53.1 Å².